The maximum absolute atomic E-state index is 11.9. The predicted octanol–water partition coefficient (Wildman–Crippen LogP) is 1.70. The second-order valence-corrected chi connectivity index (χ2v) is 5.46. The number of hydrogen-bond acceptors (Lipinski definition) is 3. The van der Waals surface area contributed by atoms with Crippen molar-refractivity contribution in [1.82, 2.24) is 14.9 Å². The van der Waals surface area contributed by atoms with Crippen LogP contribution >= 0.6 is 0 Å². The van der Waals surface area contributed by atoms with E-state index in [0.717, 1.165) is 16.6 Å². The third-order valence-electron chi connectivity index (χ3n) is 3.39. The van der Waals surface area contributed by atoms with E-state index < -0.39 is 5.41 Å². The Morgan fingerprint density at radius 3 is 2.79 bits per heavy atom. The number of carbonyl (C=O) groups excluding carboxylic acids is 1. The van der Waals surface area contributed by atoms with Crippen LogP contribution in [0.15, 0.2) is 18.2 Å². The van der Waals surface area contributed by atoms with Gasteiger partial charge in [0.1, 0.15) is 0 Å². The zero-order valence-electron chi connectivity index (χ0n) is 11.8. The standard InChI is InChI=1S/C14H20N4O/c1-9-6-5-7-10-11(9)18(13(15)17-10)8-14(2,3)12(19)16-4/h5-7H,8H2,1-4H3,(H2,15,17)(H,16,19). The van der Waals surface area contributed by atoms with Crippen molar-refractivity contribution in [3.63, 3.8) is 0 Å². The van der Waals surface area contributed by atoms with Crippen LogP contribution in [0.1, 0.15) is 19.4 Å². The Kier molecular flexibility index (Phi) is 3.22. The molecule has 5 nitrogen and oxygen atoms in total. The van der Waals surface area contributed by atoms with E-state index in [9.17, 15) is 4.79 Å². The van der Waals surface area contributed by atoms with Crippen molar-refractivity contribution in [3.8, 4) is 0 Å². The summed E-state index contributed by atoms with van der Waals surface area (Å²) in [5.41, 5.74) is 8.42. The lowest BCUT2D eigenvalue weighted by atomic mass is 9.92. The minimum atomic E-state index is -0.543. The molecule has 1 aromatic carbocycles. The summed E-state index contributed by atoms with van der Waals surface area (Å²) in [6, 6.07) is 5.91. The Morgan fingerprint density at radius 2 is 2.16 bits per heavy atom. The first-order valence-corrected chi connectivity index (χ1v) is 6.30. The Balaban J connectivity index is 2.51. The fourth-order valence-electron chi connectivity index (χ4n) is 2.35. The third-order valence-corrected chi connectivity index (χ3v) is 3.39. The molecule has 0 bridgehead atoms. The third kappa shape index (κ3) is 2.28. The average molecular weight is 260 g/mol. The number of para-hydroxylation sites is 1. The van der Waals surface area contributed by atoms with Crippen LogP contribution in [0.3, 0.4) is 0 Å². The molecular formula is C14H20N4O. The highest BCUT2D eigenvalue weighted by molar-refractivity contribution is 5.84. The van der Waals surface area contributed by atoms with Gasteiger partial charge >= 0.3 is 0 Å². The molecular weight excluding hydrogens is 240 g/mol. The molecule has 0 fully saturated rings. The number of anilines is 1. The summed E-state index contributed by atoms with van der Waals surface area (Å²) in [7, 11) is 1.64. The Bertz CT molecular complexity index is 628. The fraction of sp³-hybridized carbons (Fsp3) is 0.429. The minimum absolute atomic E-state index is 0.0117. The molecule has 3 N–H and O–H groups in total. The molecule has 5 heteroatoms. The number of benzene rings is 1. The van der Waals surface area contributed by atoms with E-state index in [1.165, 1.54) is 0 Å². The summed E-state index contributed by atoms with van der Waals surface area (Å²) in [6.45, 7) is 6.32. The quantitative estimate of drug-likeness (QED) is 0.882. The largest absolute Gasteiger partial charge is 0.369 e. The molecule has 0 aliphatic rings. The molecule has 0 spiro atoms. The second-order valence-electron chi connectivity index (χ2n) is 5.46. The summed E-state index contributed by atoms with van der Waals surface area (Å²) in [6.07, 6.45) is 0. The lowest BCUT2D eigenvalue weighted by Gasteiger charge is -2.24. The van der Waals surface area contributed by atoms with Crippen LogP contribution < -0.4 is 11.1 Å². The number of nitrogen functional groups attached to an aromatic ring is 1. The number of carbonyl (C=O) groups is 1. The number of aryl methyl sites for hydroxylation is 1. The van der Waals surface area contributed by atoms with Crippen molar-refractivity contribution in [3.05, 3.63) is 23.8 Å². The number of fused-ring (bicyclic) bond motifs is 1. The fourth-order valence-corrected chi connectivity index (χ4v) is 2.35. The first-order chi connectivity index (χ1) is 8.86. The SMILES string of the molecule is CNC(=O)C(C)(C)Cn1c(N)nc2cccc(C)c21. The van der Waals surface area contributed by atoms with Crippen LogP contribution in [0.4, 0.5) is 5.95 Å². The minimum Gasteiger partial charge on any atom is -0.369 e. The van der Waals surface area contributed by atoms with Gasteiger partial charge < -0.3 is 15.6 Å². The second kappa shape index (κ2) is 4.57. The summed E-state index contributed by atoms with van der Waals surface area (Å²) >= 11 is 0. The smallest absolute Gasteiger partial charge is 0.227 e. The summed E-state index contributed by atoms with van der Waals surface area (Å²) < 4.78 is 1.92. The van der Waals surface area contributed by atoms with Crippen LogP contribution in [0, 0.1) is 12.3 Å². The molecule has 1 aromatic heterocycles. The monoisotopic (exact) mass is 260 g/mol. The van der Waals surface area contributed by atoms with Crippen LogP contribution in [0.25, 0.3) is 11.0 Å². The van der Waals surface area contributed by atoms with Crippen LogP contribution in [-0.2, 0) is 11.3 Å². The number of amides is 1. The molecule has 0 saturated heterocycles. The normalized spacial score (nSPS) is 11.8. The van der Waals surface area contributed by atoms with Gasteiger partial charge in [-0.1, -0.05) is 12.1 Å². The van der Waals surface area contributed by atoms with Gasteiger partial charge in [0.05, 0.1) is 16.4 Å². The molecule has 0 atom stereocenters. The topological polar surface area (TPSA) is 72.9 Å². The van der Waals surface area contributed by atoms with Gasteiger partial charge in [0.25, 0.3) is 0 Å². The Labute approximate surface area is 112 Å². The summed E-state index contributed by atoms with van der Waals surface area (Å²) in [5.74, 6) is 0.434. The Morgan fingerprint density at radius 1 is 1.47 bits per heavy atom. The first kappa shape index (κ1) is 13.4. The molecule has 102 valence electrons. The zero-order valence-corrected chi connectivity index (χ0v) is 11.8. The van der Waals surface area contributed by atoms with Gasteiger partial charge in [-0.2, -0.15) is 0 Å². The molecule has 1 amide bonds. The van der Waals surface area contributed by atoms with Crippen molar-refractivity contribution < 1.29 is 4.79 Å². The molecule has 0 saturated carbocycles. The van der Waals surface area contributed by atoms with E-state index in [1.54, 1.807) is 7.05 Å². The van der Waals surface area contributed by atoms with E-state index in [-0.39, 0.29) is 5.91 Å². The van der Waals surface area contributed by atoms with Crippen molar-refractivity contribution in [1.29, 1.82) is 0 Å². The van der Waals surface area contributed by atoms with Crippen LogP contribution in [-0.4, -0.2) is 22.5 Å². The van der Waals surface area contributed by atoms with E-state index in [1.807, 2.05) is 43.5 Å². The molecule has 2 rings (SSSR count). The van der Waals surface area contributed by atoms with Crippen molar-refractivity contribution >= 4 is 22.9 Å². The van der Waals surface area contributed by atoms with Gasteiger partial charge in [0, 0.05) is 13.6 Å². The first-order valence-electron chi connectivity index (χ1n) is 6.30. The number of nitrogens with two attached hydrogens (primary N) is 1. The number of aromatic nitrogens is 2. The van der Waals surface area contributed by atoms with Crippen molar-refractivity contribution in [2.75, 3.05) is 12.8 Å². The van der Waals surface area contributed by atoms with Gasteiger partial charge in [0.2, 0.25) is 11.9 Å². The van der Waals surface area contributed by atoms with E-state index in [0.29, 0.717) is 12.5 Å². The van der Waals surface area contributed by atoms with Gasteiger partial charge in [-0.05, 0) is 32.4 Å². The molecule has 0 aliphatic heterocycles. The Hall–Kier alpha value is -2.04. The molecule has 1 heterocycles. The molecule has 19 heavy (non-hydrogen) atoms. The van der Waals surface area contributed by atoms with Crippen LogP contribution in [0.5, 0.6) is 0 Å². The summed E-state index contributed by atoms with van der Waals surface area (Å²) in [4.78, 5) is 16.3. The van der Waals surface area contributed by atoms with Crippen molar-refractivity contribution in [2.45, 2.75) is 27.3 Å². The highest BCUT2D eigenvalue weighted by atomic mass is 16.2. The maximum Gasteiger partial charge on any atom is 0.227 e. The number of rotatable bonds is 3. The van der Waals surface area contributed by atoms with E-state index >= 15 is 0 Å². The van der Waals surface area contributed by atoms with E-state index in [4.69, 9.17) is 5.73 Å². The lowest BCUT2D eigenvalue weighted by molar-refractivity contribution is -0.129. The van der Waals surface area contributed by atoms with Gasteiger partial charge in [-0.15, -0.1) is 0 Å². The number of hydrogen-bond donors (Lipinski definition) is 2. The highest BCUT2D eigenvalue weighted by Crippen LogP contribution is 2.26. The molecule has 0 radical (unpaired) electrons. The van der Waals surface area contributed by atoms with E-state index in [2.05, 4.69) is 10.3 Å². The predicted molar refractivity (Wildman–Crippen MR) is 76.7 cm³/mol. The maximum atomic E-state index is 11.9. The number of imidazole rings is 1. The highest BCUT2D eigenvalue weighted by Gasteiger charge is 2.28. The molecule has 2 aromatic rings. The van der Waals surface area contributed by atoms with Gasteiger partial charge in [-0.25, -0.2) is 4.98 Å². The lowest BCUT2D eigenvalue weighted by Crippen LogP contribution is -2.38. The number of nitrogens with one attached hydrogen (secondary N) is 1. The molecule has 0 aliphatic carbocycles. The number of nitrogens with zero attached hydrogens (tertiary/aromatic N) is 2. The van der Waals surface area contributed by atoms with Gasteiger partial charge in [-0.3, -0.25) is 4.79 Å². The zero-order chi connectivity index (χ0) is 14.2. The average Bonchev–Trinajstić information content (AvgIpc) is 2.65. The van der Waals surface area contributed by atoms with Crippen LogP contribution in [0.2, 0.25) is 0 Å². The summed E-state index contributed by atoms with van der Waals surface area (Å²) in [5, 5.41) is 2.69. The van der Waals surface area contributed by atoms with Gasteiger partial charge in [0.15, 0.2) is 0 Å². The molecule has 0 unspecified atom stereocenters. The van der Waals surface area contributed by atoms with Crippen molar-refractivity contribution in [2.24, 2.45) is 5.41 Å².